The molecule has 3 aliphatic carbocycles. The number of amides is 1. The lowest BCUT2D eigenvalue weighted by Crippen LogP contribution is -2.59. The Morgan fingerprint density at radius 3 is 2.46 bits per heavy atom. The highest BCUT2D eigenvalue weighted by Crippen LogP contribution is 2.55. The molecule has 28 heavy (non-hydrogen) atoms. The molecule has 3 saturated carbocycles. The number of primary amides is 1. The molecule has 2 bridgehead atoms. The van der Waals surface area contributed by atoms with E-state index < -0.39 is 0 Å². The Bertz CT molecular complexity index is 715. The van der Waals surface area contributed by atoms with E-state index in [1.807, 2.05) is 25.3 Å². The number of carbonyl (C=O) groups is 1. The maximum Gasteiger partial charge on any atom is 0.248 e. The summed E-state index contributed by atoms with van der Waals surface area (Å²) in [6.07, 6.45) is 8.14. The Kier molecular flexibility index (Phi) is 5.49. The van der Waals surface area contributed by atoms with Crippen molar-refractivity contribution in [3.63, 3.8) is 0 Å². The zero-order valence-electron chi connectivity index (χ0n) is 16.8. The minimum Gasteiger partial charge on any atom is -0.373 e. The van der Waals surface area contributed by atoms with Crippen molar-refractivity contribution in [3.8, 4) is 0 Å². The predicted molar refractivity (Wildman–Crippen MR) is 112 cm³/mol. The zero-order chi connectivity index (χ0) is 18.6. The van der Waals surface area contributed by atoms with E-state index in [-0.39, 0.29) is 23.9 Å². The Morgan fingerprint density at radius 2 is 1.86 bits per heavy atom. The third-order valence-corrected chi connectivity index (χ3v) is 8.07. The van der Waals surface area contributed by atoms with Gasteiger partial charge in [0.1, 0.15) is 5.60 Å². The predicted octanol–water partition coefficient (Wildman–Crippen LogP) is 3.83. The molecule has 0 spiro atoms. The first-order valence-electron chi connectivity index (χ1n) is 10.8. The fourth-order valence-corrected chi connectivity index (χ4v) is 6.87. The fraction of sp³-hybridized carbons (Fsp3) is 0.696. The van der Waals surface area contributed by atoms with Crippen LogP contribution in [0.3, 0.4) is 0 Å². The van der Waals surface area contributed by atoms with Crippen LogP contribution in [-0.4, -0.2) is 37.6 Å². The van der Waals surface area contributed by atoms with Crippen molar-refractivity contribution >= 4 is 18.3 Å². The maximum absolute atomic E-state index is 11.7. The van der Waals surface area contributed by atoms with Gasteiger partial charge in [-0.25, -0.2) is 0 Å². The lowest BCUT2D eigenvalue weighted by atomic mass is 9.62. The molecule has 4 nitrogen and oxygen atoms in total. The number of piperidine rings is 1. The van der Waals surface area contributed by atoms with E-state index in [1.54, 1.807) is 0 Å². The molecule has 0 radical (unpaired) electrons. The van der Waals surface area contributed by atoms with Crippen LogP contribution in [0.4, 0.5) is 0 Å². The molecule has 4 fully saturated rings. The first kappa shape index (κ1) is 20.2. The standard InChI is InChI=1S/C23H32N2O2.ClH/c1-27-23(19-5-2-4-16(11-19)22(24)26)20-6-3-7-21(23)14-25(13-20)12-15-8-17-10-18(17)9-15;/h2,4-5,11,15,17-18,20-21H,3,6-10,12-14H2,1H3,(H2,24,26);1H/t15-,17-,18+,20-,21+,23?;. The summed E-state index contributed by atoms with van der Waals surface area (Å²) in [6, 6.07) is 7.90. The number of halogens is 1. The van der Waals surface area contributed by atoms with Crippen LogP contribution in [0.2, 0.25) is 0 Å². The second kappa shape index (κ2) is 7.62. The number of hydrogen-bond donors (Lipinski definition) is 1. The van der Waals surface area contributed by atoms with Crippen molar-refractivity contribution in [2.75, 3.05) is 26.7 Å². The first-order valence-corrected chi connectivity index (χ1v) is 10.8. The van der Waals surface area contributed by atoms with Crippen molar-refractivity contribution in [3.05, 3.63) is 35.4 Å². The normalized spacial score (nSPS) is 39.1. The van der Waals surface area contributed by atoms with E-state index in [0.29, 0.717) is 17.4 Å². The second-order valence-electron chi connectivity index (χ2n) is 9.58. The number of rotatable bonds is 5. The molecule has 1 heterocycles. The van der Waals surface area contributed by atoms with Crippen LogP contribution in [0.15, 0.2) is 24.3 Å². The number of nitrogens with zero attached hydrogens (tertiary/aromatic N) is 1. The van der Waals surface area contributed by atoms with E-state index in [1.165, 1.54) is 45.1 Å². The van der Waals surface area contributed by atoms with E-state index in [9.17, 15) is 4.79 Å². The Morgan fingerprint density at radius 1 is 1.18 bits per heavy atom. The topological polar surface area (TPSA) is 55.6 Å². The number of methoxy groups -OCH3 is 1. The minimum absolute atomic E-state index is 0. The molecule has 1 amide bonds. The highest BCUT2D eigenvalue weighted by atomic mass is 35.5. The highest BCUT2D eigenvalue weighted by molar-refractivity contribution is 5.92. The highest BCUT2D eigenvalue weighted by Gasteiger charge is 2.54. The summed E-state index contributed by atoms with van der Waals surface area (Å²) in [6.45, 7) is 3.52. The number of likely N-dealkylation sites (tertiary alicyclic amines) is 1. The molecule has 1 aromatic rings. The van der Waals surface area contributed by atoms with Crippen LogP contribution in [-0.2, 0) is 10.3 Å². The van der Waals surface area contributed by atoms with Crippen molar-refractivity contribution in [1.29, 1.82) is 0 Å². The quantitative estimate of drug-likeness (QED) is 0.811. The summed E-state index contributed by atoms with van der Waals surface area (Å²) in [5.41, 5.74) is 7.03. The molecular weight excluding hydrogens is 372 g/mol. The van der Waals surface area contributed by atoms with Gasteiger partial charge in [-0.15, -0.1) is 12.4 Å². The third kappa shape index (κ3) is 3.28. The number of carbonyl (C=O) groups excluding carboxylic acids is 1. The number of hydrogen-bond acceptors (Lipinski definition) is 3. The molecule has 2 N–H and O–H groups in total. The second-order valence-corrected chi connectivity index (χ2v) is 9.58. The van der Waals surface area contributed by atoms with Gasteiger partial charge in [0.2, 0.25) is 5.91 Å². The monoisotopic (exact) mass is 404 g/mol. The van der Waals surface area contributed by atoms with Crippen molar-refractivity contribution in [1.82, 2.24) is 4.90 Å². The van der Waals surface area contributed by atoms with Gasteiger partial charge in [0, 0.05) is 44.1 Å². The van der Waals surface area contributed by atoms with Gasteiger partial charge < -0.3 is 15.4 Å². The van der Waals surface area contributed by atoms with Crippen LogP contribution in [0.5, 0.6) is 0 Å². The van der Waals surface area contributed by atoms with Crippen LogP contribution in [0, 0.1) is 29.6 Å². The van der Waals surface area contributed by atoms with Gasteiger partial charge >= 0.3 is 0 Å². The molecular formula is C23H33ClN2O2. The number of benzene rings is 1. The van der Waals surface area contributed by atoms with Crippen LogP contribution in [0.25, 0.3) is 0 Å². The molecule has 5 heteroatoms. The molecule has 5 rings (SSSR count). The van der Waals surface area contributed by atoms with Gasteiger partial charge in [-0.05, 0) is 67.6 Å². The van der Waals surface area contributed by atoms with Crippen molar-refractivity contribution < 1.29 is 9.53 Å². The lowest BCUT2D eigenvalue weighted by molar-refractivity contribution is -0.170. The molecule has 0 aromatic heterocycles. The van der Waals surface area contributed by atoms with Crippen LogP contribution in [0.1, 0.15) is 54.4 Å². The molecule has 1 saturated heterocycles. The average Bonchev–Trinajstić information content (AvgIpc) is 3.27. The molecule has 1 unspecified atom stereocenters. The van der Waals surface area contributed by atoms with Gasteiger partial charge in [-0.1, -0.05) is 18.6 Å². The third-order valence-electron chi connectivity index (χ3n) is 8.07. The number of nitrogens with two attached hydrogens (primary N) is 1. The summed E-state index contributed by atoms with van der Waals surface area (Å²) in [7, 11) is 1.86. The Hall–Kier alpha value is -1.10. The smallest absolute Gasteiger partial charge is 0.248 e. The summed E-state index contributed by atoms with van der Waals surface area (Å²) in [4.78, 5) is 14.5. The number of fused-ring (bicyclic) bond motifs is 3. The fourth-order valence-electron chi connectivity index (χ4n) is 6.87. The number of ether oxygens (including phenoxy) is 1. The first-order chi connectivity index (χ1) is 13.1. The molecule has 154 valence electrons. The lowest BCUT2D eigenvalue weighted by Gasteiger charge is -2.55. The van der Waals surface area contributed by atoms with E-state index in [0.717, 1.165) is 36.4 Å². The zero-order valence-corrected chi connectivity index (χ0v) is 17.6. The average molecular weight is 405 g/mol. The van der Waals surface area contributed by atoms with Crippen molar-refractivity contribution in [2.45, 2.75) is 44.1 Å². The van der Waals surface area contributed by atoms with E-state index in [4.69, 9.17) is 10.5 Å². The van der Waals surface area contributed by atoms with Gasteiger partial charge in [-0.3, -0.25) is 4.79 Å². The summed E-state index contributed by atoms with van der Waals surface area (Å²) >= 11 is 0. The molecule has 1 aromatic carbocycles. The largest absolute Gasteiger partial charge is 0.373 e. The molecule has 6 atom stereocenters. The minimum atomic E-state index is -0.356. The molecule has 4 aliphatic rings. The van der Waals surface area contributed by atoms with Crippen LogP contribution >= 0.6 is 12.4 Å². The maximum atomic E-state index is 11.7. The van der Waals surface area contributed by atoms with E-state index >= 15 is 0 Å². The summed E-state index contributed by atoms with van der Waals surface area (Å²) < 4.78 is 6.33. The van der Waals surface area contributed by atoms with Gasteiger partial charge in [0.05, 0.1) is 0 Å². The van der Waals surface area contributed by atoms with Crippen molar-refractivity contribution in [2.24, 2.45) is 35.3 Å². The van der Waals surface area contributed by atoms with E-state index in [2.05, 4.69) is 11.0 Å². The van der Waals surface area contributed by atoms with Gasteiger partial charge in [0.15, 0.2) is 0 Å². The molecule has 1 aliphatic heterocycles. The van der Waals surface area contributed by atoms with Gasteiger partial charge in [-0.2, -0.15) is 0 Å². The SMILES string of the molecule is COC1(c2cccc(C(N)=O)c2)[C@@H]2CCC[C@H]1CN(C[C@@H]1C[C@@H]3C[C@@H]3C1)C2.Cl. The van der Waals surface area contributed by atoms with Gasteiger partial charge in [0.25, 0.3) is 0 Å². The summed E-state index contributed by atoms with van der Waals surface area (Å²) in [5, 5.41) is 0. The van der Waals surface area contributed by atoms with Crippen LogP contribution < -0.4 is 5.73 Å². The Balaban J connectivity index is 0.00000192. The Labute approximate surface area is 174 Å². The summed E-state index contributed by atoms with van der Waals surface area (Å²) in [5.74, 6) is 3.68.